The molecule has 0 aromatic heterocycles. The smallest absolute Gasteiger partial charge is 0.239 e. The van der Waals surface area contributed by atoms with Crippen LogP contribution in [0.4, 0.5) is 0 Å². The summed E-state index contributed by atoms with van der Waals surface area (Å²) in [5, 5.41) is 0. The van der Waals surface area contributed by atoms with Crippen LogP contribution < -0.4 is 10.5 Å². The Hall–Kier alpha value is -1.55. The maximum absolute atomic E-state index is 12.0. The van der Waals surface area contributed by atoms with Crippen LogP contribution in [0.1, 0.15) is 31.9 Å². The van der Waals surface area contributed by atoms with Gasteiger partial charge in [-0.2, -0.15) is 0 Å². The van der Waals surface area contributed by atoms with Crippen molar-refractivity contribution in [2.75, 3.05) is 14.2 Å². The van der Waals surface area contributed by atoms with E-state index in [1.54, 1.807) is 19.1 Å². The van der Waals surface area contributed by atoms with Gasteiger partial charge in [-0.25, -0.2) is 0 Å². The molecule has 0 saturated carbocycles. The van der Waals surface area contributed by atoms with E-state index in [-0.39, 0.29) is 11.9 Å². The summed E-state index contributed by atoms with van der Waals surface area (Å²) in [4.78, 5) is 13.7. The van der Waals surface area contributed by atoms with Crippen LogP contribution >= 0.6 is 0 Å². The number of hydrogen-bond acceptors (Lipinski definition) is 3. The lowest BCUT2D eigenvalue weighted by molar-refractivity contribution is -0.133. The molecule has 0 saturated heterocycles. The van der Waals surface area contributed by atoms with Crippen molar-refractivity contribution in [1.82, 2.24) is 4.90 Å². The van der Waals surface area contributed by atoms with Gasteiger partial charge in [-0.1, -0.05) is 25.1 Å². The maximum Gasteiger partial charge on any atom is 0.239 e. The van der Waals surface area contributed by atoms with E-state index in [4.69, 9.17) is 10.5 Å². The normalized spacial score (nSPS) is 13.8. The van der Waals surface area contributed by atoms with Gasteiger partial charge in [0.2, 0.25) is 5.91 Å². The number of carbonyl (C=O) groups excluding carboxylic acids is 1. The molecule has 0 heterocycles. The van der Waals surface area contributed by atoms with Crippen molar-refractivity contribution in [3.8, 4) is 5.75 Å². The second kappa shape index (κ2) is 6.40. The van der Waals surface area contributed by atoms with E-state index in [0.29, 0.717) is 6.42 Å². The third kappa shape index (κ3) is 3.01. The van der Waals surface area contributed by atoms with Crippen LogP contribution in [0.25, 0.3) is 0 Å². The van der Waals surface area contributed by atoms with Crippen LogP contribution in [0.3, 0.4) is 0 Å². The molecule has 1 aromatic carbocycles. The molecule has 4 heteroatoms. The van der Waals surface area contributed by atoms with Gasteiger partial charge in [-0.05, 0) is 19.4 Å². The zero-order chi connectivity index (χ0) is 13.7. The molecule has 0 aliphatic rings. The fourth-order valence-electron chi connectivity index (χ4n) is 1.85. The number of methoxy groups -OCH3 is 1. The van der Waals surface area contributed by atoms with Crippen LogP contribution in [0, 0.1) is 0 Å². The molecule has 0 spiro atoms. The molecule has 0 bridgehead atoms. The first-order valence-electron chi connectivity index (χ1n) is 6.18. The topological polar surface area (TPSA) is 55.6 Å². The highest BCUT2D eigenvalue weighted by Crippen LogP contribution is 2.28. The molecule has 4 nitrogen and oxygen atoms in total. The Balaban J connectivity index is 2.92. The first-order chi connectivity index (χ1) is 8.52. The average molecular weight is 250 g/mol. The number of carbonyl (C=O) groups is 1. The Morgan fingerprint density at radius 1 is 1.44 bits per heavy atom. The summed E-state index contributed by atoms with van der Waals surface area (Å²) < 4.78 is 5.31. The quantitative estimate of drug-likeness (QED) is 0.869. The fraction of sp³-hybridized carbons (Fsp3) is 0.500. The van der Waals surface area contributed by atoms with Crippen LogP contribution in [0.5, 0.6) is 5.75 Å². The monoisotopic (exact) mass is 250 g/mol. The minimum Gasteiger partial charge on any atom is -0.496 e. The number of hydrogen-bond donors (Lipinski definition) is 1. The SMILES string of the molecule is CCC(N)C(=O)N(C)C(C)c1ccccc1OC. The van der Waals surface area contributed by atoms with E-state index in [1.807, 2.05) is 38.1 Å². The number of nitrogens with zero attached hydrogens (tertiary/aromatic N) is 1. The van der Waals surface area contributed by atoms with Gasteiger partial charge in [-0.3, -0.25) is 4.79 Å². The van der Waals surface area contributed by atoms with E-state index in [2.05, 4.69) is 0 Å². The number of nitrogens with two attached hydrogens (primary N) is 1. The summed E-state index contributed by atoms with van der Waals surface area (Å²) in [6, 6.07) is 7.20. The Morgan fingerprint density at radius 2 is 2.06 bits per heavy atom. The molecule has 2 N–H and O–H groups in total. The lowest BCUT2D eigenvalue weighted by Crippen LogP contribution is -2.42. The van der Waals surface area contributed by atoms with Crippen LogP contribution in [0.2, 0.25) is 0 Å². The van der Waals surface area contributed by atoms with E-state index in [1.165, 1.54) is 0 Å². The van der Waals surface area contributed by atoms with Crippen molar-refractivity contribution < 1.29 is 9.53 Å². The fourth-order valence-corrected chi connectivity index (χ4v) is 1.85. The van der Waals surface area contributed by atoms with Crippen LogP contribution in [0.15, 0.2) is 24.3 Å². The van der Waals surface area contributed by atoms with Gasteiger partial charge in [0, 0.05) is 12.6 Å². The molecule has 1 amide bonds. The third-order valence-corrected chi connectivity index (χ3v) is 3.27. The molecule has 18 heavy (non-hydrogen) atoms. The summed E-state index contributed by atoms with van der Waals surface area (Å²) in [6.45, 7) is 3.88. The molecule has 100 valence electrons. The largest absolute Gasteiger partial charge is 0.496 e. The van der Waals surface area contributed by atoms with Crippen molar-refractivity contribution in [3.63, 3.8) is 0 Å². The molecular weight excluding hydrogens is 228 g/mol. The van der Waals surface area contributed by atoms with Gasteiger partial charge in [0.15, 0.2) is 0 Å². The van der Waals surface area contributed by atoms with E-state index in [9.17, 15) is 4.79 Å². The van der Waals surface area contributed by atoms with Crippen molar-refractivity contribution in [2.45, 2.75) is 32.4 Å². The highest BCUT2D eigenvalue weighted by atomic mass is 16.5. The standard InChI is InChI=1S/C14H22N2O2/c1-5-12(15)14(17)16(3)10(2)11-8-6-7-9-13(11)18-4/h6-10,12H,5,15H2,1-4H3. The lowest BCUT2D eigenvalue weighted by Gasteiger charge is -2.28. The van der Waals surface area contributed by atoms with Gasteiger partial charge < -0.3 is 15.4 Å². The van der Waals surface area contributed by atoms with Crippen LogP contribution in [-0.2, 0) is 4.79 Å². The van der Waals surface area contributed by atoms with Crippen molar-refractivity contribution in [2.24, 2.45) is 5.73 Å². The summed E-state index contributed by atoms with van der Waals surface area (Å²) >= 11 is 0. The van der Waals surface area contributed by atoms with E-state index >= 15 is 0 Å². The zero-order valence-corrected chi connectivity index (χ0v) is 11.5. The Morgan fingerprint density at radius 3 is 2.61 bits per heavy atom. The Bertz CT molecular complexity index is 407. The minimum atomic E-state index is -0.438. The average Bonchev–Trinajstić information content (AvgIpc) is 2.43. The predicted molar refractivity (Wildman–Crippen MR) is 72.4 cm³/mol. The number of para-hydroxylation sites is 1. The van der Waals surface area contributed by atoms with Crippen molar-refractivity contribution >= 4 is 5.91 Å². The zero-order valence-electron chi connectivity index (χ0n) is 11.5. The summed E-state index contributed by atoms with van der Waals surface area (Å²) in [6.07, 6.45) is 0.641. The molecule has 1 aromatic rings. The summed E-state index contributed by atoms with van der Waals surface area (Å²) in [7, 11) is 3.40. The summed E-state index contributed by atoms with van der Waals surface area (Å²) in [5.41, 5.74) is 6.77. The number of rotatable bonds is 5. The molecule has 0 radical (unpaired) electrons. The van der Waals surface area contributed by atoms with E-state index < -0.39 is 6.04 Å². The van der Waals surface area contributed by atoms with Gasteiger partial charge in [0.05, 0.1) is 19.2 Å². The minimum absolute atomic E-state index is 0.0455. The predicted octanol–water partition coefficient (Wildman–Crippen LogP) is 1.95. The Labute approximate surface area is 109 Å². The molecule has 0 aliphatic heterocycles. The molecular formula is C14H22N2O2. The number of likely N-dealkylation sites (N-methyl/N-ethyl adjacent to an activating group) is 1. The lowest BCUT2D eigenvalue weighted by atomic mass is 10.0. The molecule has 0 aliphatic carbocycles. The second-order valence-electron chi connectivity index (χ2n) is 4.38. The molecule has 1 rings (SSSR count). The Kier molecular flexibility index (Phi) is 5.16. The highest BCUT2D eigenvalue weighted by Gasteiger charge is 2.23. The second-order valence-corrected chi connectivity index (χ2v) is 4.38. The molecule has 2 atom stereocenters. The van der Waals surface area contributed by atoms with Gasteiger partial charge >= 0.3 is 0 Å². The van der Waals surface area contributed by atoms with Crippen LogP contribution in [-0.4, -0.2) is 31.0 Å². The number of ether oxygens (including phenoxy) is 1. The van der Waals surface area contributed by atoms with E-state index in [0.717, 1.165) is 11.3 Å². The highest BCUT2D eigenvalue weighted by molar-refractivity contribution is 5.81. The maximum atomic E-state index is 12.0. The van der Waals surface area contributed by atoms with Gasteiger partial charge in [0.1, 0.15) is 5.75 Å². The third-order valence-electron chi connectivity index (χ3n) is 3.27. The number of amides is 1. The first-order valence-corrected chi connectivity index (χ1v) is 6.18. The first kappa shape index (κ1) is 14.5. The molecule has 2 unspecified atom stereocenters. The molecule has 0 fully saturated rings. The summed E-state index contributed by atoms with van der Waals surface area (Å²) in [5.74, 6) is 0.741. The van der Waals surface area contributed by atoms with Crippen molar-refractivity contribution in [1.29, 1.82) is 0 Å². The van der Waals surface area contributed by atoms with Crippen molar-refractivity contribution in [3.05, 3.63) is 29.8 Å². The van der Waals surface area contributed by atoms with Gasteiger partial charge in [-0.15, -0.1) is 0 Å². The van der Waals surface area contributed by atoms with Gasteiger partial charge in [0.25, 0.3) is 0 Å². The number of benzene rings is 1.